The van der Waals surface area contributed by atoms with Crippen LogP contribution < -0.4 is 0 Å². The summed E-state index contributed by atoms with van der Waals surface area (Å²) < 4.78 is 13.6. The molecule has 0 amide bonds. The third-order valence-electron chi connectivity index (χ3n) is 2.35. The van der Waals surface area contributed by atoms with Gasteiger partial charge >= 0.3 is 0 Å². The van der Waals surface area contributed by atoms with Crippen molar-refractivity contribution in [1.29, 1.82) is 0 Å². The van der Waals surface area contributed by atoms with E-state index in [-0.39, 0.29) is 12.4 Å². The van der Waals surface area contributed by atoms with Crippen LogP contribution in [0.3, 0.4) is 0 Å². The van der Waals surface area contributed by atoms with E-state index in [1.54, 1.807) is 18.2 Å². The molecule has 0 atom stereocenters. The summed E-state index contributed by atoms with van der Waals surface area (Å²) in [6, 6.07) is 5.03. The molecule has 0 aliphatic rings. The molecule has 0 aromatic heterocycles. The van der Waals surface area contributed by atoms with Gasteiger partial charge in [0.25, 0.3) is 0 Å². The van der Waals surface area contributed by atoms with E-state index in [1.807, 2.05) is 0 Å². The number of hydrogen-bond donors (Lipinski definition) is 1. The Morgan fingerprint density at radius 2 is 2.00 bits per heavy atom. The Morgan fingerprint density at radius 3 is 2.67 bits per heavy atom. The summed E-state index contributed by atoms with van der Waals surface area (Å²) in [5.41, 5.74) is 0.954. The molecule has 1 rings (SSSR count). The monoisotopic (exact) mass is 210 g/mol. The number of hydrogen-bond acceptors (Lipinski definition) is 2. The van der Waals surface area contributed by atoms with Crippen molar-refractivity contribution in [3.8, 4) is 0 Å². The highest BCUT2D eigenvalue weighted by Gasteiger charge is 2.06. The van der Waals surface area contributed by atoms with E-state index < -0.39 is 0 Å². The van der Waals surface area contributed by atoms with Gasteiger partial charge in [0.1, 0.15) is 12.1 Å². The Kier molecular flexibility index (Phi) is 4.98. The van der Waals surface area contributed by atoms with E-state index in [9.17, 15) is 9.18 Å². The fourth-order valence-corrected chi connectivity index (χ4v) is 1.49. The number of carbonyl (C=O) groups excluding carboxylic acids is 1. The number of halogens is 1. The molecular weight excluding hydrogens is 195 g/mol. The van der Waals surface area contributed by atoms with E-state index in [0.29, 0.717) is 24.0 Å². The predicted octanol–water partition coefficient (Wildman–Crippen LogP) is 2.23. The molecule has 0 aliphatic heterocycles. The lowest BCUT2D eigenvalue weighted by Crippen LogP contribution is -1.97. The first kappa shape index (κ1) is 11.9. The SMILES string of the molecule is O=CCCCCc1cccc(CO)c1F. The minimum atomic E-state index is -0.314. The number of aryl methyl sites for hydroxylation is 1. The van der Waals surface area contributed by atoms with Crippen molar-refractivity contribution in [1.82, 2.24) is 0 Å². The molecular formula is C12H15FO2. The van der Waals surface area contributed by atoms with Crippen LogP contribution in [-0.4, -0.2) is 11.4 Å². The molecule has 0 fully saturated rings. The number of rotatable bonds is 6. The maximum Gasteiger partial charge on any atom is 0.131 e. The van der Waals surface area contributed by atoms with E-state index >= 15 is 0 Å². The molecule has 15 heavy (non-hydrogen) atoms. The van der Waals surface area contributed by atoms with Gasteiger partial charge in [-0.15, -0.1) is 0 Å². The molecule has 0 aliphatic carbocycles. The first-order chi connectivity index (χ1) is 7.29. The highest BCUT2D eigenvalue weighted by Crippen LogP contribution is 2.15. The topological polar surface area (TPSA) is 37.3 Å². The zero-order valence-corrected chi connectivity index (χ0v) is 8.58. The summed E-state index contributed by atoms with van der Waals surface area (Å²) in [6.45, 7) is -0.270. The van der Waals surface area contributed by atoms with Crippen molar-refractivity contribution >= 4 is 6.29 Å². The van der Waals surface area contributed by atoms with Crippen molar-refractivity contribution in [3.05, 3.63) is 35.1 Å². The van der Waals surface area contributed by atoms with Crippen molar-refractivity contribution < 1.29 is 14.3 Å². The van der Waals surface area contributed by atoms with Gasteiger partial charge in [-0.1, -0.05) is 18.2 Å². The Morgan fingerprint density at radius 1 is 1.27 bits per heavy atom. The van der Waals surface area contributed by atoms with Gasteiger partial charge in [-0.25, -0.2) is 4.39 Å². The van der Waals surface area contributed by atoms with Crippen molar-refractivity contribution in [3.63, 3.8) is 0 Å². The van der Waals surface area contributed by atoms with Gasteiger partial charge in [-0.2, -0.15) is 0 Å². The van der Waals surface area contributed by atoms with Gasteiger partial charge in [0.05, 0.1) is 6.61 Å². The first-order valence-corrected chi connectivity index (χ1v) is 5.10. The minimum Gasteiger partial charge on any atom is -0.392 e. The number of aliphatic hydroxyl groups excluding tert-OH is 1. The molecule has 0 radical (unpaired) electrons. The largest absolute Gasteiger partial charge is 0.392 e. The second-order valence-corrected chi connectivity index (χ2v) is 3.46. The van der Waals surface area contributed by atoms with Gasteiger partial charge < -0.3 is 9.90 Å². The van der Waals surface area contributed by atoms with Crippen LogP contribution in [0.25, 0.3) is 0 Å². The van der Waals surface area contributed by atoms with Gasteiger partial charge in [0.2, 0.25) is 0 Å². The standard InChI is InChI=1S/C12H15FO2/c13-12-10(5-2-1-3-8-14)6-4-7-11(12)9-15/h4,6-8,15H,1-3,5,9H2. The Labute approximate surface area is 88.7 Å². The molecule has 2 nitrogen and oxygen atoms in total. The zero-order valence-electron chi connectivity index (χ0n) is 8.58. The molecule has 1 aromatic rings. The van der Waals surface area contributed by atoms with Crippen LogP contribution in [0, 0.1) is 5.82 Å². The molecule has 82 valence electrons. The summed E-state index contributed by atoms with van der Waals surface area (Å²) in [4.78, 5) is 10.1. The second kappa shape index (κ2) is 6.30. The summed E-state index contributed by atoms with van der Waals surface area (Å²) in [6.07, 6.45) is 3.60. The lowest BCUT2D eigenvalue weighted by molar-refractivity contribution is -0.107. The molecule has 0 bridgehead atoms. The Balaban J connectivity index is 2.56. The van der Waals surface area contributed by atoms with E-state index in [2.05, 4.69) is 0 Å². The van der Waals surface area contributed by atoms with Crippen molar-refractivity contribution in [2.24, 2.45) is 0 Å². The van der Waals surface area contributed by atoms with Crippen LogP contribution in [0.4, 0.5) is 4.39 Å². The molecule has 0 unspecified atom stereocenters. The van der Waals surface area contributed by atoms with Gasteiger partial charge in [-0.3, -0.25) is 0 Å². The maximum atomic E-state index is 13.6. The van der Waals surface area contributed by atoms with E-state index in [1.165, 1.54) is 0 Å². The summed E-state index contributed by atoms with van der Waals surface area (Å²) in [5, 5.41) is 8.87. The Hall–Kier alpha value is -1.22. The van der Waals surface area contributed by atoms with E-state index in [4.69, 9.17) is 5.11 Å². The minimum absolute atomic E-state index is 0.270. The highest BCUT2D eigenvalue weighted by atomic mass is 19.1. The fraction of sp³-hybridized carbons (Fsp3) is 0.417. The average Bonchev–Trinajstić information content (AvgIpc) is 2.26. The van der Waals surface area contributed by atoms with Gasteiger partial charge in [-0.05, 0) is 24.8 Å². The van der Waals surface area contributed by atoms with Gasteiger partial charge in [0, 0.05) is 12.0 Å². The van der Waals surface area contributed by atoms with Crippen molar-refractivity contribution in [2.75, 3.05) is 0 Å². The van der Waals surface area contributed by atoms with Crippen LogP contribution in [0.1, 0.15) is 30.4 Å². The number of aldehydes is 1. The lowest BCUT2D eigenvalue weighted by Gasteiger charge is -2.05. The second-order valence-electron chi connectivity index (χ2n) is 3.46. The quantitative estimate of drug-likeness (QED) is 0.577. The summed E-state index contributed by atoms with van der Waals surface area (Å²) >= 11 is 0. The molecule has 0 heterocycles. The number of carbonyl (C=O) groups is 1. The predicted molar refractivity (Wildman–Crippen MR) is 55.9 cm³/mol. The molecule has 1 N–H and O–H groups in total. The normalized spacial score (nSPS) is 10.3. The summed E-state index contributed by atoms with van der Waals surface area (Å²) in [7, 11) is 0. The summed E-state index contributed by atoms with van der Waals surface area (Å²) in [5.74, 6) is -0.314. The molecule has 3 heteroatoms. The van der Waals surface area contributed by atoms with Crippen LogP contribution in [0.5, 0.6) is 0 Å². The van der Waals surface area contributed by atoms with Crippen LogP contribution in [0.15, 0.2) is 18.2 Å². The smallest absolute Gasteiger partial charge is 0.131 e. The molecule has 0 saturated heterocycles. The zero-order chi connectivity index (χ0) is 11.1. The maximum absolute atomic E-state index is 13.6. The number of aliphatic hydroxyl groups is 1. The van der Waals surface area contributed by atoms with E-state index in [0.717, 1.165) is 19.1 Å². The molecule has 0 spiro atoms. The van der Waals surface area contributed by atoms with Crippen LogP contribution in [-0.2, 0) is 17.8 Å². The third kappa shape index (κ3) is 3.44. The number of unbranched alkanes of at least 4 members (excludes halogenated alkanes) is 2. The average molecular weight is 210 g/mol. The molecule has 1 aromatic carbocycles. The first-order valence-electron chi connectivity index (χ1n) is 5.10. The fourth-order valence-electron chi connectivity index (χ4n) is 1.49. The van der Waals surface area contributed by atoms with Crippen LogP contribution >= 0.6 is 0 Å². The molecule has 0 saturated carbocycles. The lowest BCUT2D eigenvalue weighted by atomic mass is 10.0. The Bertz CT molecular complexity index is 323. The van der Waals surface area contributed by atoms with Crippen molar-refractivity contribution in [2.45, 2.75) is 32.3 Å². The number of benzene rings is 1. The highest BCUT2D eigenvalue weighted by molar-refractivity contribution is 5.48. The van der Waals surface area contributed by atoms with Crippen LogP contribution in [0.2, 0.25) is 0 Å². The third-order valence-corrected chi connectivity index (χ3v) is 2.35. The van der Waals surface area contributed by atoms with Gasteiger partial charge in [0.15, 0.2) is 0 Å².